The third-order valence-electron chi connectivity index (χ3n) is 4.85. The zero-order valence-corrected chi connectivity index (χ0v) is 15.1. The molecule has 2 heterocycles. The molecule has 3 rings (SSSR count). The van der Waals surface area contributed by atoms with Gasteiger partial charge in [-0.05, 0) is 51.4 Å². The molecule has 7 heteroatoms. The van der Waals surface area contributed by atoms with Crippen LogP contribution in [0.2, 0.25) is 0 Å². The summed E-state index contributed by atoms with van der Waals surface area (Å²) in [5, 5.41) is 5.70. The number of likely N-dealkylation sites (tertiary alicyclic amines) is 1. The van der Waals surface area contributed by atoms with E-state index in [0.717, 1.165) is 25.8 Å². The van der Waals surface area contributed by atoms with Crippen LogP contribution >= 0.6 is 0 Å². The van der Waals surface area contributed by atoms with Gasteiger partial charge in [-0.15, -0.1) is 0 Å². The van der Waals surface area contributed by atoms with Crippen molar-refractivity contribution in [3.63, 3.8) is 0 Å². The number of rotatable bonds is 4. The van der Waals surface area contributed by atoms with E-state index in [9.17, 15) is 14.0 Å². The second kappa shape index (κ2) is 7.86. The van der Waals surface area contributed by atoms with Gasteiger partial charge in [-0.25, -0.2) is 9.18 Å². The number of fused-ring (bicyclic) bond motifs is 1. The van der Waals surface area contributed by atoms with Crippen molar-refractivity contribution < 1.29 is 18.7 Å². The van der Waals surface area contributed by atoms with Crippen LogP contribution in [-0.2, 0) is 14.3 Å². The van der Waals surface area contributed by atoms with Crippen molar-refractivity contribution >= 4 is 23.3 Å². The van der Waals surface area contributed by atoms with Gasteiger partial charge in [-0.2, -0.15) is 0 Å². The van der Waals surface area contributed by atoms with Crippen LogP contribution in [0.3, 0.4) is 0 Å². The zero-order valence-electron chi connectivity index (χ0n) is 15.1. The highest BCUT2D eigenvalue weighted by Gasteiger charge is 2.30. The van der Waals surface area contributed by atoms with Gasteiger partial charge in [0.05, 0.1) is 23.6 Å². The molecule has 0 spiro atoms. The molecule has 1 atom stereocenters. The van der Waals surface area contributed by atoms with E-state index in [2.05, 4.69) is 22.5 Å². The van der Waals surface area contributed by atoms with Gasteiger partial charge in [0.2, 0.25) is 0 Å². The molecule has 140 valence electrons. The van der Waals surface area contributed by atoms with Crippen LogP contribution in [0.1, 0.15) is 33.1 Å². The number of hydrogen-bond donors (Lipinski definition) is 2. The first-order valence-corrected chi connectivity index (χ1v) is 9.01. The highest BCUT2D eigenvalue weighted by Crippen LogP contribution is 2.30. The fourth-order valence-electron chi connectivity index (χ4n) is 3.37. The molecular formula is C19H24FN3O3. The van der Waals surface area contributed by atoms with Gasteiger partial charge < -0.3 is 15.4 Å². The van der Waals surface area contributed by atoms with E-state index in [1.165, 1.54) is 18.2 Å². The van der Waals surface area contributed by atoms with E-state index in [1.807, 2.05) is 0 Å². The van der Waals surface area contributed by atoms with Crippen LogP contribution in [0.15, 0.2) is 29.5 Å². The minimum absolute atomic E-state index is 0.118. The highest BCUT2D eigenvalue weighted by atomic mass is 19.1. The molecule has 0 bridgehead atoms. The van der Waals surface area contributed by atoms with Gasteiger partial charge >= 0.3 is 5.97 Å². The molecule has 2 N–H and O–H groups in total. The third kappa shape index (κ3) is 3.88. The molecule has 6 nitrogen and oxygen atoms in total. The Morgan fingerprint density at radius 1 is 1.31 bits per heavy atom. The standard InChI is InChI=1S/C19H24FN3O3/c1-3-26-19(25)17-14(11-23-9-5-4-6-12(23)2)18(24)22-16-10-13(20)7-8-15(16)21-17/h7-8,10,12,21H,3-6,9,11H2,1-2H3,(H,22,24). The first-order valence-electron chi connectivity index (χ1n) is 9.01. The summed E-state index contributed by atoms with van der Waals surface area (Å²) < 4.78 is 18.7. The summed E-state index contributed by atoms with van der Waals surface area (Å²) in [6.45, 7) is 5.25. The zero-order chi connectivity index (χ0) is 18.7. The molecule has 26 heavy (non-hydrogen) atoms. The Balaban J connectivity index is 1.97. The van der Waals surface area contributed by atoms with Crippen molar-refractivity contribution in [3.05, 3.63) is 35.3 Å². The Bertz CT molecular complexity index is 748. The van der Waals surface area contributed by atoms with E-state index in [1.54, 1.807) is 6.92 Å². The van der Waals surface area contributed by atoms with Crippen molar-refractivity contribution in [2.24, 2.45) is 0 Å². The van der Waals surface area contributed by atoms with Crippen molar-refractivity contribution in [2.75, 3.05) is 30.3 Å². The molecule has 1 fully saturated rings. The van der Waals surface area contributed by atoms with Crippen molar-refractivity contribution in [1.82, 2.24) is 4.90 Å². The highest BCUT2D eigenvalue weighted by molar-refractivity contribution is 6.13. The predicted molar refractivity (Wildman–Crippen MR) is 97.2 cm³/mol. The fraction of sp³-hybridized carbons (Fsp3) is 0.474. The first-order chi connectivity index (χ1) is 12.5. The van der Waals surface area contributed by atoms with Gasteiger partial charge in [-0.3, -0.25) is 9.69 Å². The SMILES string of the molecule is CCOC(=O)C1=C(CN2CCCCC2C)C(=O)Nc2cc(F)ccc2N1. The molecule has 2 aliphatic heterocycles. The fourth-order valence-corrected chi connectivity index (χ4v) is 3.37. The normalized spacial score (nSPS) is 20.7. The number of halogens is 1. The molecule has 0 aliphatic carbocycles. The molecule has 0 saturated carbocycles. The predicted octanol–water partition coefficient (Wildman–Crippen LogP) is 2.88. The Hall–Kier alpha value is -2.41. The molecule has 1 saturated heterocycles. The van der Waals surface area contributed by atoms with Crippen LogP contribution in [0, 0.1) is 5.82 Å². The summed E-state index contributed by atoms with van der Waals surface area (Å²) in [4.78, 5) is 27.5. The summed E-state index contributed by atoms with van der Waals surface area (Å²) in [5.74, 6) is -1.46. The minimum atomic E-state index is -0.584. The van der Waals surface area contributed by atoms with Gasteiger partial charge in [0, 0.05) is 12.6 Å². The van der Waals surface area contributed by atoms with Crippen LogP contribution in [-0.4, -0.2) is 42.5 Å². The summed E-state index contributed by atoms with van der Waals surface area (Å²) >= 11 is 0. The maximum atomic E-state index is 13.6. The smallest absolute Gasteiger partial charge is 0.355 e. The van der Waals surface area contributed by atoms with Crippen LogP contribution < -0.4 is 10.6 Å². The quantitative estimate of drug-likeness (QED) is 0.807. The summed E-state index contributed by atoms with van der Waals surface area (Å²) in [6.07, 6.45) is 3.28. The van der Waals surface area contributed by atoms with Gasteiger partial charge in [-0.1, -0.05) is 6.42 Å². The second-order valence-electron chi connectivity index (χ2n) is 6.66. The van der Waals surface area contributed by atoms with Crippen molar-refractivity contribution in [1.29, 1.82) is 0 Å². The molecule has 0 radical (unpaired) electrons. The number of benzene rings is 1. The molecule has 1 amide bonds. The lowest BCUT2D eigenvalue weighted by Gasteiger charge is -2.33. The maximum Gasteiger partial charge on any atom is 0.355 e. The van der Waals surface area contributed by atoms with Crippen molar-refractivity contribution in [2.45, 2.75) is 39.2 Å². The number of ether oxygens (including phenoxy) is 1. The largest absolute Gasteiger partial charge is 0.461 e. The van der Waals surface area contributed by atoms with E-state index in [-0.39, 0.29) is 12.3 Å². The number of anilines is 2. The molecule has 0 aromatic heterocycles. The van der Waals surface area contributed by atoms with Crippen LogP contribution in [0.25, 0.3) is 0 Å². The number of piperidine rings is 1. The maximum absolute atomic E-state index is 13.6. The van der Waals surface area contributed by atoms with E-state index in [0.29, 0.717) is 29.5 Å². The van der Waals surface area contributed by atoms with E-state index >= 15 is 0 Å². The summed E-state index contributed by atoms with van der Waals surface area (Å²) in [5.41, 5.74) is 1.20. The second-order valence-corrected chi connectivity index (χ2v) is 6.66. The number of nitrogens with zero attached hydrogens (tertiary/aromatic N) is 1. The number of carbonyl (C=O) groups excluding carboxylic acids is 2. The molecule has 1 aromatic rings. The number of hydrogen-bond acceptors (Lipinski definition) is 5. The lowest BCUT2D eigenvalue weighted by atomic mass is 10.0. The summed E-state index contributed by atoms with van der Waals surface area (Å²) in [7, 11) is 0. The average Bonchev–Trinajstić information content (AvgIpc) is 2.73. The summed E-state index contributed by atoms with van der Waals surface area (Å²) in [6, 6.07) is 4.33. The van der Waals surface area contributed by atoms with E-state index < -0.39 is 17.7 Å². The third-order valence-corrected chi connectivity index (χ3v) is 4.85. The number of esters is 1. The number of carbonyl (C=O) groups is 2. The Labute approximate surface area is 152 Å². The Kier molecular flexibility index (Phi) is 5.56. The minimum Gasteiger partial charge on any atom is -0.461 e. The van der Waals surface area contributed by atoms with Gasteiger partial charge in [0.15, 0.2) is 0 Å². The molecule has 1 unspecified atom stereocenters. The number of amides is 1. The van der Waals surface area contributed by atoms with Gasteiger partial charge in [0.25, 0.3) is 5.91 Å². The monoisotopic (exact) mass is 361 g/mol. The average molecular weight is 361 g/mol. The molecule has 2 aliphatic rings. The van der Waals surface area contributed by atoms with Gasteiger partial charge in [0.1, 0.15) is 11.5 Å². The molecule has 1 aromatic carbocycles. The van der Waals surface area contributed by atoms with Crippen LogP contribution in [0.5, 0.6) is 0 Å². The molecular weight excluding hydrogens is 337 g/mol. The Morgan fingerprint density at radius 2 is 2.12 bits per heavy atom. The first kappa shape index (κ1) is 18.4. The Morgan fingerprint density at radius 3 is 2.85 bits per heavy atom. The lowest BCUT2D eigenvalue weighted by molar-refractivity contribution is -0.138. The van der Waals surface area contributed by atoms with E-state index in [4.69, 9.17) is 4.74 Å². The number of nitrogens with one attached hydrogen (secondary N) is 2. The van der Waals surface area contributed by atoms with Crippen LogP contribution in [0.4, 0.5) is 15.8 Å². The topological polar surface area (TPSA) is 70.7 Å². The van der Waals surface area contributed by atoms with Crippen molar-refractivity contribution in [3.8, 4) is 0 Å². The lowest BCUT2D eigenvalue weighted by Crippen LogP contribution is -2.41.